The number of thiophene rings is 1. The van der Waals surface area contributed by atoms with Gasteiger partial charge >= 0.3 is 0 Å². The van der Waals surface area contributed by atoms with Crippen molar-refractivity contribution in [3.8, 4) is 0 Å². The van der Waals surface area contributed by atoms with Gasteiger partial charge in [0.05, 0.1) is 0 Å². The fraction of sp³-hybridized carbons (Fsp3) is 0.583. The summed E-state index contributed by atoms with van der Waals surface area (Å²) in [6.45, 7) is 5.13. The molecule has 2 rings (SSSR count). The summed E-state index contributed by atoms with van der Waals surface area (Å²) in [4.78, 5) is 15.1. The molecule has 88 valence electrons. The highest BCUT2D eigenvalue weighted by Gasteiger charge is 2.33. The van der Waals surface area contributed by atoms with E-state index in [2.05, 4.69) is 13.8 Å². The Hall–Kier alpha value is -0.870. The Kier molecular flexibility index (Phi) is 3.30. The fourth-order valence-corrected chi connectivity index (χ4v) is 3.09. The predicted octanol–water partition coefficient (Wildman–Crippen LogP) is 2.00. The van der Waals surface area contributed by atoms with Crippen molar-refractivity contribution in [2.75, 3.05) is 6.54 Å². The van der Waals surface area contributed by atoms with E-state index >= 15 is 0 Å². The van der Waals surface area contributed by atoms with Crippen molar-refractivity contribution in [1.82, 2.24) is 4.90 Å². The molecule has 1 fully saturated rings. The second kappa shape index (κ2) is 4.55. The van der Waals surface area contributed by atoms with Gasteiger partial charge in [0.1, 0.15) is 6.04 Å². The van der Waals surface area contributed by atoms with Gasteiger partial charge in [-0.05, 0) is 30.7 Å². The monoisotopic (exact) mass is 238 g/mol. The van der Waals surface area contributed by atoms with E-state index in [0.717, 1.165) is 17.8 Å². The molecular weight excluding hydrogens is 220 g/mol. The van der Waals surface area contributed by atoms with Gasteiger partial charge in [0, 0.05) is 17.5 Å². The molecule has 0 saturated carbocycles. The first kappa shape index (κ1) is 11.6. The van der Waals surface area contributed by atoms with Crippen molar-refractivity contribution < 1.29 is 4.79 Å². The zero-order chi connectivity index (χ0) is 11.7. The predicted molar refractivity (Wildman–Crippen MR) is 66.2 cm³/mol. The Labute approximate surface area is 100 Å². The number of amides is 1. The largest absolute Gasteiger partial charge is 0.338 e. The Morgan fingerprint density at radius 3 is 2.88 bits per heavy atom. The maximum Gasteiger partial charge on any atom is 0.245 e. The quantitative estimate of drug-likeness (QED) is 0.856. The zero-order valence-corrected chi connectivity index (χ0v) is 10.5. The molecule has 2 N–H and O–H groups in total. The number of nitrogens with two attached hydrogens (primary N) is 1. The number of likely N-dealkylation sites (tertiary alicyclic amines) is 1. The molecular formula is C12H18N2OS. The van der Waals surface area contributed by atoms with Gasteiger partial charge in [0.15, 0.2) is 0 Å². The van der Waals surface area contributed by atoms with Crippen LogP contribution >= 0.6 is 11.3 Å². The lowest BCUT2D eigenvalue weighted by molar-refractivity contribution is -0.133. The molecule has 3 unspecified atom stereocenters. The van der Waals surface area contributed by atoms with Crippen molar-refractivity contribution in [2.24, 2.45) is 11.7 Å². The van der Waals surface area contributed by atoms with Crippen LogP contribution in [-0.4, -0.2) is 23.4 Å². The van der Waals surface area contributed by atoms with Gasteiger partial charge in [-0.1, -0.05) is 13.0 Å². The van der Waals surface area contributed by atoms with Gasteiger partial charge in [-0.25, -0.2) is 0 Å². The second-order valence-electron chi connectivity index (χ2n) is 4.67. The lowest BCUT2D eigenvalue weighted by Gasteiger charge is -2.24. The molecule has 0 spiro atoms. The molecule has 2 heterocycles. The number of rotatable bonds is 2. The van der Waals surface area contributed by atoms with E-state index in [1.54, 1.807) is 11.3 Å². The standard InChI is InChI=1S/C12H18N2OS/c1-8-6-9(2)14(7-8)12(15)11(13)10-4-3-5-16-10/h3-5,8-9,11H,6-7,13H2,1-2H3. The van der Waals surface area contributed by atoms with Crippen LogP contribution in [0.1, 0.15) is 31.2 Å². The molecule has 1 aliphatic heterocycles. The highest BCUT2D eigenvalue weighted by Crippen LogP contribution is 2.26. The van der Waals surface area contributed by atoms with Crippen LogP contribution in [0.5, 0.6) is 0 Å². The lowest BCUT2D eigenvalue weighted by Crippen LogP contribution is -2.40. The molecule has 3 nitrogen and oxygen atoms in total. The van der Waals surface area contributed by atoms with Crippen molar-refractivity contribution >= 4 is 17.2 Å². The molecule has 16 heavy (non-hydrogen) atoms. The maximum atomic E-state index is 12.2. The Morgan fingerprint density at radius 2 is 2.38 bits per heavy atom. The van der Waals surface area contributed by atoms with Crippen LogP contribution in [0.3, 0.4) is 0 Å². The Balaban J connectivity index is 2.08. The van der Waals surface area contributed by atoms with E-state index in [-0.39, 0.29) is 5.91 Å². The molecule has 4 heteroatoms. The summed E-state index contributed by atoms with van der Waals surface area (Å²) in [6.07, 6.45) is 1.09. The molecule has 1 amide bonds. The van der Waals surface area contributed by atoms with Crippen LogP contribution in [0.2, 0.25) is 0 Å². The molecule has 3 atom stereocenters. The highest BCUT2D eigenvalue weighted by molar-refractivity contribution is 7.10. The van der Waals surface area contributed by atoms with Crippen LogP contribution in [-0.2, 0) is 4.79 Å². The maximum absolute atomic E-state index is 12.2. The summed E-state index contributed by atoms with van der Waals surface area (Å²) in [5.74, 6) is 0.661. The Bertz CT molecular complexity index is 363. The first-order valence-electron chi connectivity index (χ1n) is 5.69. The van der Waals surface area contributed by atoms with Crippen molar-refractivity contribution in [2.45, 2.75) is 32.4 Å². The van der Waals surface area contributed by atoms with E-state index in [0.29, 0.717) is 12.0 Å². The summed E-state index contributed by atoms with van der Waals surface area (Å²) in [5, 5.41) is 1.96. The topological polar surface area (TPSA) is 46.3 Å². The van der Waals surface area contributed by atoms with Crippen molar-refractivity contribution in [3.05, 3.63) is 22.4 Å². The minimum atomic E-state index is -0.479. The number of carbonyl (C=O) groups excluding carboxylic acids is 1. The van der Waals surface area contributed by atoms with E-state index in [1.165, 1.54) is 0 Å². The van der Waals surface area contributed by atoms with Crippen LogP contribution in [0.4, 0.5) is 0 Å². The van der Waals surface area contributed by atoms with Crippen LogP contribution < -0.4 is 5.73 Å². The minimum absolute atomic E-state index is 0.0688. The van der Waals surface area contributed by atoms with Gasteiger partial charge in [-0.15, -0.1) is 11.3 Å². The molecule has 1 saturated heterocycles. The minimum Gasteiger partial charge on any atom is -0.338 e. The molecule has 0 radical (unpaired) electrons. The van der Waals surface area contributed by atoms with Gasteiger partial charge in [0.2, 0.25) is 5.91 Å². The smallest absolute Gasteiger partial charge is 0.245 e. The van der Waals surface area contributed by atoms with Crippen LogP contribution in [0.25, 0.3) is 0 Å². The van der Waals surface area contributed by atoms with E-state index in [4.69, 9.17) is 5.73 Å². The average molecular weight is 238 g/mol. The van der Waals surface area contributed by atoms with Crippen LogP contribution in [0.15, 0.2) is 17.5 Å². The summed E-state index contributed by atoms with van der Waals surface area (Å²) in [6, 6.07) is 3.71. The first-order valence-corrected chi connectivity index (χ1v) is 6.57. The molecule has 1 aliphatic rings. The number of carbonyl (C=O) groups is 1. The third-order valence-corrected chi connectivity index (χ3v) is 4.14. The molecule has 0 aliphatic carbocycles. The van der Waals surface area contributed by atoms with Gasteiger partial charge < -0.3 is 10.6 Å². The molecule has 1 aromatic rings. The van der Waals surface area contributed by atoms with E-state index in [1.807, 2.05) is 22.4 Å². The second-order valence-corrected chi connectivity index (χ2v) is 5.65. The highest BCUT2D eigenvalue weighted by atomic mass is 32.1. The number of hydrogen-bond acceptors (Lipinski definition) is 3. The SMILES string of the molecule is CC1CC(C)N(C(=O)C(N)c2cccs2)C1. The zero-order valence-electron chi connectivity index (χ0n) is 9.72. The average Bonchev–Trinajstić information content (AvgIpc) is 2.85. The normalized spacial score (nSPS) is 27.1. The van der Waals surface area contributed by atoms with E-state index < -0.39 is 6.04 Å². The summed E-state index contributed by atoms with van der Waals surface area (Å²) in [7, 11) is 0. The van der Waals surface area contributed by atoms with Gasteiger partial charge in [-0.3, -0.25) is 4.79 Å². The fourth-order valence-electron chi connectivity index (χ4n) is 2.38. The van der Waals surface area contributed by atoms with Gasteiger partial charge in [-0.2, -0.15) is 0 Å². The third-order valence-electron chi connectivity index (χ3n) is 3.18. The molecule has 0 aromatic carbocycles. The summed E-state index contributed by atoms with van der Waals surface area (Å²) < 4.78 is 0. The summed E-state index contributed by atoms with van der Waals surface area (Å²) in [5.41, 5.74) is 5.99. The van der Waals surface area contributed by atoms with Gasteiger partial charge in [0.25, 0.3) is 0 Å². The summed E-state index contributed by atoms with van der Waals surface area (Å²) >= 11 is 1.55. The third kappa shape index (κ3) is 2.13. The number of nitrogens with zero attached hydrogens (tertiary/aromatic N) is 1. The van der Waals surface area contributed by atoms with Crippen LogP contribution in [0, 0.1) is 5.92 Å². The Morgan fingerprint density at radius 1 is 1.62 bits per heavy atom. The van der Waals surface area contributed by atoms with E-state index in [9.17, 15) is 4.79 Å². The number of hydrogen-bond donors (Lipinski definition) is 1. The van der Waals surface area contributed by atoms with Crippen molar-refractivity contribution in [1.29, 1.82) is 0 Å². The van der Waals surface area contributed by atoms with Crippen molar-refractivity contribution in [3.63, 3.8) is 0 Å². The molecule has 1 aromatic heterocycles. The first-order chi connectivity index (χ1) is 7.59. The lowest BCUT2D eigenvalue weighted by atomic mass is 10.1. The molecule has 0 bridgehead atoms.